The van der Waals surface area contributed by atoms with Crippen molar-refractivity contribution in [2.75, 3.05) is 31.1 Å². The van der Waals surface area contributed by atoms with Crippen LogP contribution in [0.3, 0.4) is 0 Å². The normalized spacial score (nSPS) is 13.6. The molecule has 1 amide bonds. The number of hydrogen-bond donors (Lipinski definition) is 0. The van der Waals surface area contributed by atoms with Crippen LogP contribution >= 0.6 is 11.8 Å². The van der Waals surface area contributed by atoms with E-state index in [2.05, 4.69) is 29.3 Å². The van der Waals surface area contributed by atoms with Gasteiger partial charge in [-0.25, -0.2) is 4.39 Å². The highest BCUT2D eigenvalue weighted by Crippen LogP contribution is 2.30. The molecule has 0 unspecified atom stereocenters. The van der Waals surface area contributed by atoms with Crippen LogP contribution in [-0.2, 0) is 5.75 Å². The number of benzene rings is 3. The molecule has 5 aromatic rings. The fourth-order valence-corrected chi connectivity index (χ4v) is 5.81. The number of carbonyl (C=O) groups excluding carboxylic acids is 1. The van der Waals surface area contributed by atoms with Gasteiger partial charge in [0.15, 0.2) is 10.9 Å². The predicted molar refractivity (Wildman–Crippen MR) is 154 cm³/mol. The summed E-state index contributed by atoms with van der Waals surface area (Å²) < 4.78 is 21.8. The lowest BCUT2D eigenvalue weighted by molar-refractivity contribution is 0.0746. The third-order valence-corrected chi connectivity index (χ3v) is 7.94. The highest BCUT2D eigenvalue weighted by molar-refractivity contribution is 7.98. The van der Waals surface area contributed by atoms with E-state index < -0.39 is 0 Å². The zero-order chi connectivity index (χ0) is 27.5. The van der Waals surface area contributed by atoms with Crippen LogP contribution < -0.4 is 4.90 Å². The highest BCUT2D eigenvalue weighted by atomic mass is 32.2. The van der Waals surface area contributed by atoms with E-state index in [9.17, 15) is 9.18 Å². The van der Waals surface area contributed by atoms with Crippen molar-refractivity contribution in [1.82, 2.24) is 19.7 Å². The summed E-state index contributed by atoms with van der Waals surface area (Å²) in [4.78, 5) is 17.2. The molecule has 0 saturated carbocycles. The van der Waals surface area contributed by atoms with Crippen LogP contribution in [0.1, 0.15) is 21.5 Å². The molecule has 0 radical (unpaired) electrons. The molecule has 40 heavy (non-hydrogen) atoms. The van der Waals surface area contributed by atoms with E-state index in [4.69, 9.17) is 4.42 Å². The Morgan fingerprint density at radius 3 is 2.52 bits per heavy atom. The Morgan fingerprint density at radius 1 is 0.925 bits per heavy atom. The van der Waals surface area contributed by atoms with Crippen LogP contribution in [-0.4, -0.2) is 51.8 Å². The van der Waals surface area contributed by atoms with E-state index in [-0.39, 0.29) is 11.7 Å². The fraction of sp³-hybridized carbons (Fsp3) is 0.194. The number of hydrogen-bond acceptors (Lipinski definition) is 6. The monoisotopic (exact) mass is 553 g/mol. The van der Waals surface area contributed by atoms with E-state index in [0.29, 0.717) is 54.8 Å². The van der Waals surface area contributed by atoms with E-state index in [1.807, 2.05) is 69.0 Å². The molecule has 202 valence electrons. The van der Waals surface area contributed by atoms with Gasteiger partial charge < -0.3 is 14.2 Å². The third-order valence-electron chi connectivity index (χ3n) is 6.94. The van der Waals surface area contributed by atoms with E-state index >= 15 is 0 Å². The van der Waals surface area contributed by atoms with Crippen LogP contribution in [0.5, 0.6) is 0 Å². The van der Waals surface area contributed by atoms with Gasteiger partial charge in [0.1, 0.15) is 5.82 Å². The van der Waals surface area contributed by atoms with Crippen molar-refractivity contribution in [2.45, 2.75) is 17.8 Å². The third kappa shape index (κ3) is 5.37. The van der Waals surface area contributed by atoms with Crippen molar-refractivity contribution in [3.63, 3.8) is 0 Å². The first-order chi connectivity index (χ1) is 19.6. The molecule has 0 bridgehead atoms. The van der Waals surface area contributed by atoms with Gasteiger partial charge in [0.25, 0.3) is 5.91 Å². The second-order valence-corrected chi connectivity index (χ2v) is 10.6. The van der Waals surface area contributed by atoms with E-state index in [0.717, 1.165) is 22.0 Å². The Bertz CT molecular complexity index is 1630. The fourth-order valence-electron chi connectivity index (χ4n) is 4.91. The Labute approximate surface area is 236 Å². The van der Waals surface area contributed by atoms with Gasteiger partial charge in [0.2, 0.25) is 5.82 Å². The number of halogens is 1. The maximum atomic E-state index is 14.2. The van der Waals surface area contributed by atoms with E-state index in [1.165, 1.54) is 6.07 Å². The SMILES string of the molecule is Cc1cccc(-n2c(SCc3cccc(C(=O)N4CCN(c5ccccc5F)CC4)c3)nnc2-c2ccco2)c1. The number of piperazine rings is 1. The van der Waals surface area contributed by atoms with E-state index in [1.54, 1.807) is 30.2 Å². The second-order valence-electron chi connectivity index (χ2n) is 9.68. The number of rotatable bonds is 7. The summed E-state index contributed by atoms with van der Waals surface area (Å²) >= 11 is 1.55. The lowest BCUT2D eigenvalue weighted by Crippen LogP contribution is -2.49. The predicted octanol–water partition coefficient (Wildman–Crippen LogP) is 6.23. The van der Waals surface area contributed by atoms with Gasteiger partial charge in [-0.3, -0.25) is 9.36 Å². The average molecular weight is 554 g/mol. The molecule has 7 nitrogen and oxygen atoms in total. The number of anilines is 1. The molecule has 3 aromatic carbocycles. The summed E-state index contributed by atoms with van der Waals surface area (Å²) in [7, 11) is 0. The summed E-state index contributed by atoms with van der Waals surface area (Å²) in [6.45, 7) is 4.32. The Balaban J connectivity index is 1.16. The van der Waals surface area contributed by atoms with Crippen molar-refractivity contribution in [3.8, 4) is 17.3 Å². The van der Waals surface area contributed by atoms with Gasteiger partial charge in [0, 0.05) is 37.5 Å². The number of amides is 1. The lowest BCUT2D eigenvalue weighted by Gasteiger charge is -2.36. The first-order valence-electron chi connectivity index (χ1n) is 13.1. The quantitative estimate of drug-likeness (QED) is 0.223. The van der Waals surface area contributed by atoms with Crippen LogP contribution in [0.25, 0.3) is 17.3 Å². The summed E-state index contributed by atoms with van der Waals surface area (Å²) in [6, 6.07) is 26.4. The van der Waals surface area contributed by atoms with Crippen molar-refractivity contribution < 1.29 is 13.6 Å². The summed E-state index contributed by atoms with van der Waals surface area (Å²) in [5, 5.41) is 9.63. The molecular formula is C31H28FN5O2S. The smallest absolute Gasteiger partial charge is 0.253 e. The first kappa shape index (κ1) is 25.9. The minimum Gasteiger partial charge on any atom is -0.461 e. The number of thioether (sulfide) groups is 1. The topological polar surface area (TPSA) is 67.4 Å². The van der Waals surface area contributed by atoms with Gasteiger partial charge in [0.05, 0.1) is 17.6 Å². The Hall–Kier alpha value is -4.37. The van der Waals surface area contributed by atoms with Gasteiger partial charge in [-0.05, 0) is 66.6 Å². The number of carbonyl (C=O) groups is 1. The van der Waals surface area contributed by atoms with Crippen LogP contribution in [0.15, 0.2) is 101 Å². The summed E-state index contributed by atoms with van der Waals surface area (Å²) in [6.07, 6.45) is 1.62. The molecule has 0 spiro atoms. The number of aromatic nitrogens is 3. The van der Waals surface area contributed by atoms with Crippen molar-refractivity contribution in [1.29, 1.82) is 0 Å². The van der Waals surface area contributed by atoms with Gasteiger partial charge in [-0.1, -0.05) is 48.2 Å². The molecule has 0 atom stereocenters. The molecule has 9 heteroatoms. The molecule has 1 aliphatic heterocycles. The number of nitrogens with zero attached hydrogens (tertiary/aromatic N) is 5. The summed E-state index contributed by atoms with van der Waals surface area (Å²) in [5.74, 6) is 1.65. The number of furan rings is 1. The number of para-hydroxylation sites is 1. The zero-order valence-electron chi connectivity index (χ0n) is 22.0. The molecule has 0 aliphatic carbocycles. The molecular weight excluding hydrogens is 525 g/mol. The second kappa shape index (κ2) is 11.4. The highest BCUT2D eigenvalue weighted by Gasteiger charge is 2.24. The number of aryl methyl sites for hydroxylation is 1. The molecule has 3 heterocycles. The molecule has 1 saturated heterocycles. The largest absolute Gasteiger partial charge is 0.461 e. The van der Waals surface area contributed by atoms with Crippen LogP contribution in [0, 0.1) is 12.7 Å². The molecule has 2 aromatic heterocycles. The minimum atomic E-state index is -0.234. The Kier molecular flexibility index (Phi) is 7.37. The maximum Gasteiger partial charge on any atom is 0.253 e. The Morgan fingerprint density at radius 2 is 1.75 bits per heavy atom. The van der Waals surface area contributed by atoms with Gasteiger partial charge >= 0.3 is 0 Å². The van der Waals surface area contributed by atoms with Crippen molar-refractivity contribution >= 4 is 23.4 Å². The van der Waals surface area contributed by atoms with Gasteiger partial charge in [-0.2, -0.15) is 0 Å². The lowest BCUT2D eigenvalue weighted by atomic mass is 10.1. The van der Waals surface area contributed by atoms with Crippen LogP contribution in [0.4, 0.5) is 10.1 Å². The van der Waals surface area contributed by atoms with Crippen molar-refractivity contribution in [2.24, 2.45) is 0 Å². The molecule has 1 aliphatic rings. The van der Waals surface area contributed by atoms with Crippen molar-refractivity contribution in [3.05, 3.63) is 114 Å². The first-order valence-corrected chi connectivity index (χ1v) is 14.1. The maximum absolute atomic E-state index is 14.2. The standard InChI is InChI=1S/C31H28FN5O2S/c1-22-7-4-10-25(19-22)37-29(28-13-6-18-39-28)33-34-31(37)40-21-23-8-5-9-24(20-23)30(38)36-16-14-35(15-17-36)27-12-3-2-11-26(27)32/h2-13,18-20H,14-17,21H2,1H3. The molecule has 0 N–H and O–H groups in total. The minimum absolute atomic E-state index is 0.0110. The zero-order valence-corrected chi connectivity index (χ0v) is 22.9. The summed E-state index contributed by atoms with van der Waals surface area (Å²) in [5.41, 5.74) is 4.33. The average Bonchev–Trinajstić information content (AvgIpc) is 3.67. The van der Waals surface area contributed by atoms with Crippen LogP contribution in [0.2, 0.25) is 0 Å². The molecule has 6 rings (SSSR count). The van der Waals surface area contributed by atoms with Gasteiger partial charge in [-0.15, -0.1) is 10.2 Å². The molecule has 1 fully saturated rings.